The van der Waals surface area contributed by atoms with Gasteiger partial charge in [0, 0.05) is 19.3 Å². The van der Waals surface area contributed by atoms with Crippen LogP contribution < -0.4 is 4.74 Å². The number of carbonyl (C=O) groups is 1. The van der Waals surface area contributed by atoms with Crippen molar-refractivity contribution in [2.45, 2.75) is 32.9 Å². The SMILES string of the molecule is CCCCN(Cc1cccc(OC)c1)C(=O)c1ccnn1C(F)F. The second-order valence-electron chi connectivity index (χ2n) is 5.37. The molecule has 0 saturated heterocycles. The highest BCUT2D eigenvalue weighted by Crippen LogP contribution is 2.18. The number of rotatable bonds is 8. The average Bonchev–Trinajstić information content (AvgIpc) is 3.08. The van der Waals surface area contributed by atoms with Crippen molar-refractivity contribution in [1.29, 1.82) is 0 Å². The Bertz CT molecular complexity index is 673. The number of ether oxygens (including phenoxy) is 1. The molecule has 0 unspecified atom stereocenters. The summed E-state index contributed by atoms with van der Waals surface area (Å²) in [4.78, 5) is 14.3. The van der Waals surface area contributed by atoms with Crippen LogP contribution in [-0.4, -0.2) is 34.2 Å². The molecule has 0 aliphatic rings. The highest BCUT2D eigenvalue weighted by atomic mass is 19.3. The van der Waals surface area contributed by atoms with Crippen LogP contribution in [0.4, 0.5) is 8.78 Å². The maximum atomic E-state index is 13.0. The fraction of sp³-hybridized carbons (Fsp3) is 0.412. The molecule has 0 spiro atoms. The van der Waals surface area contributed by atoms with Gasteiger partial charge in [0.2, 0.25) is 0 Å². The van der Waals surface area contributed by atoms with Crippen molar-refractivity contribution in [3.05, 3.63) is 47.8 Å². The number of hydrogen-bond donors (Lipinski definition) is 0. The summed E-state index contributed by atoms with van der Waals surface area (Å²) in [5.74, 6) is 0.233. The van der Waals surface area contributed by atoms with Gasteiger partial charge in [0.25, 0.3) is 5.91 Å². The van der Waals surface area contributed by atoms with Crippen molar-refractivity contribution in [1.82, 2.24) is 14.7 Å². The summed E-state index contributed by atoms with van der Waals surface area (Å²) in [5.41, 5.74) is 0.769. The average molecular weight is 337 g/mol. The predicted molar refractivity (Wildman–Crippen MR) is 86.1 cm³/mol. The van der Waals surface area contributed by atoms with Gasteiger partial charge >= 0.3 is 6.55 Å². The monoisotopic (exact) mass is 337 g/mol. The lowest BCUT2D eigenvalue weighted by Gasteiger charge is -2.23. The molecule has 0 radical (unpaired) electrons. The van der Waals surface area contributed by atoms with Crippen LogP contribution in [0.15, 0.2) is 36.5 Å². The van der Waals surface area contributed by atoms with E-state index >= 15 is 0 Å². The van der Waals surface area contributed by atoms with E-state index in [4.69, 9.17) is 4.74 Å². The van der Waals surface area contributed by atoms with Crippen LogP contribution in [0, 0.1) is 0 Å². The third-order valence-corrected chi connectivity index (χ3v) is 3.65. The number of hydrogen-bond acceptors (Lipinski definition) is 3. The molecule has 0 atom stereocenters. The van der Waals surface area contributed by atoms with Crippen molar-refractivity contribution in [3.8, 4) is 5.75 Å². The third kappa shape index (κ3) is 4.31. The van der Waals surface area contributed by atoms with Gasteiger partial charge in [-0.05, 0) is 30.2 Å². The Balaban J connectivity index is 2.23. The number of amides is 1. The molecule has 2 aromatic rings. The van der Waals surface area contributed by atoms with E-state index in [1.807, 2.05) is 31.2 Å². The number of carbonyl (C=O) groups excluding carboxylic acids is 1. The minimum absolute atomic E-state index is 0.107. The first-order valence-corrected chi connectivity index (χ1v) is 7.80. The minimum Gasteiger partial charge on any atom is -0.497 e. The molecule has 0 saturated carbocycles. The Morgan fingerprint density at radius 2 is 2.17 bits per heavy atom. The molecule has 0 bridgehead atoms. The zero-order valence-electron chi connectivity index (χ0n) is 13.8. The molecule has 2 rings (SSSR count). The number of aromatic nitrogens is 2. The number of halogens is 2. The second-order valence-corrected chi connectivity index (χ2v) is 5.37. The molecule has 5 nitrogen and oxygen atoms in total. The highest BCUT2D eigenvalue weighted by molar-refractivity contribution is 5.92. The van der Waals surface area contributed by atoms with Gasteiger partial charge in [-0.3, -0.25) is 4.79 Å². The van der Waals surface area contributed by atoms with Gasteiger partial charge in [0.05, 0.1) is 7.11 Å². The summed E-state index contributed by atoms with van der Waals surface area (Å²) in [6.07, 6.45) is 2.90. The first-order valence-electron chi connectivity index (χ1n) is 7.80. The van der Waals surface area contributed by atoms with Crippen LogP contribution in [-0.2, 0) is 6.54 Å². The maximum absolute atomic E-state index is 13.0. The molecule has 24 heavy (non-hydrogen) atoms. The van der Waals surface area contributed by atoms with Crippen molar-refractivity contribution in [2.75, 3.05) is 13.7 Å². The standard InChI is InChI=1S/C17H21F2N3O2/c1-3-4-10-21(12-13-6-5-7-14(11-13)24-2)16(23)15-8-9-20-22(15)17(18)19/h5-9,11,17H,3-4,10,12H2,1-2H3. The molecule has 1 amide bonds. The minimum atomic E-state index is -2.84. The van der Waals surface area contributed by atoms with Gasteiger partial charge in [-0.1, -0.05) is 25.5 Å². The van der Waals surface area contributed by atoms with Gasteiger partial charge in [0.15, 0.2) is 0 Å². The molecule has 1 aromatic carbocycles. The summed E-state index contributed by atoms with van der Waals surface area (Å²) < 4.78 is 31.6. The first-order chi connectivity index (χ1) is 11.6. The van der Waals surface area contributed by atoms with E-state index in [0.717, 1.165) is 18.4 Å². The molecule has 0 fully saturated rings. The van der Waals surface area contributed by atoms with Crippen LogP contribution in [0.5, 0.6) is 5.75 Å². The second kappa shape index (κ2) is 8.42. The fourth-order valence-corrected chi connectivity index (χ4v) is 2.39. The largest absolute Gasteiger partial charge is 0.497 e. The molecule has 0 aliphatic heterocycles. The van der Waals surface area contributed by atoms with Gasteiger partial charge in [-0.15, -0.1) is 0 Å². The Hall–Kier alpha value is -2.44. The van der Waals surface area contributed by atoms with Gasteiger partial charge < -0.3 is 9.64 Å². The van der Waals surface area contributed by atoms with Gasteiger partial charge in [-0.25, -0.2) is 0 Å². The number of methoxy groups -OCH3 is 1. The van der Waals surface area contributed by atoms with Gasteiger partial charge in [-0.2, -0.15) is 18.6 Å². The number of nitrogens with zero attached hydrogens (tertiary/aromatic N) is 3. The number of unbranched alkanes of at least 4 members (excludes halogenated alkanes) is 1. The molecule has 1 heterocycles. The number of benzene rings is 1. The van der Waals surface area contributed by atoms with Crippen LogP contribution in [0.3, 0.4) is 0 Å². The van der Waals surface area contributed by atoms with E-state index in [9.17, 15) is 13.6 Å². The lowest BCUT2D eigenvalue weighted by Crippen LogP contribution is -2.33. The lowest BCUT2D eigenvalue weighted by molar-refractivity contribution is 0.0459. The molecular weight excluding hydrogens is 316 g/mol. The topological polar surface area (TPSA) is 47.4 Å². The molecule has 0 aliphatic carbocycles. The quantitative estimate of drug-likeness (QED) is 0.737. The van der Waals surface area contributed by atoms with Crippen molar-refractivity contribution < 1.29 is 18.3 Å². The van der Waals surface area contributed by atoms with E-state index in [1.165, 1.54) is 12.3 Å². The van der Waals surface area contributed by atoms with Crippen LogP contribution in [0.1, 0.15) is 42.4 Å². The van der Waals surface area contributed by atoms with Crippen LogP contribution >= 0.6 is 0 Å². The summed E-state index contributed by atoms with van der Waals surface area (Å²) in [5, 5.41) is 3.53. The van der Waals surface area contributed by atoms with E-state index in [1.54, 1.807) is 12.0 Å². The Morgan fingerprint density at radius 3 is 2.83 bits per heavy atom. The number of alkyl halides is 2. The van der Waals surface area contributed by atoms with Crippen LogP contribution in [0.25, 0.3) is 0 Å². The highest BCUT2D eigenvalue weighted by Gasteiger charge is 2.23. The summed E-state index contributed by atoms with van der Waals surface area (Å²) in [6, 6.07) is 8.67. The normalized spacial score (nSPS) is 10.9. The van der Waals surface area contributed by atoms with E-state index < -0.39 is 12.5 Å². The van der Waals surface area contributed by atoms with Crippen LogP contribution in [0.2, 0.25) is 0 Å². The predicted octanol–water partition coefficient (Wildman–Crippen LogP) is 3.73. The zero-order valence-corrected chi connectivity index (χ0v) is 13.8. The lowest BCUT2D eigenvalue weighted by atomic mass is 10.2. The van der Waals surface area contributed by atoms with E-state index in [-0.39, 0.29) is 5.69 Å². The van der Waals surface area contributed by atoms with E-state index in [0.29, 0.717) is 23.5 Å². The van der Waals surface area contributed by atoms with E-state index in [2.05, 4.69) is 5.10 Å². The van der Waals surface area contributed by atoms with Crippen molar-refractivity contribution in [2.24, 2.45) is 0 Å². The van der Waals surface area contributed by atoms with Gasteiger partial charge in [0.1, 0.15) is 11.4 Å². The molecular formula is C17H21F2N3O2. The summed E-state index contributed by atoms with van der Waals surface area (Å²) in [7, 11) is 1.57. The summed E-state index contributed by atoms with van der Waals surface area (Å²) in [6.45, 7) is -0.0213. The summed E-state index contributed by atoms with van der Waals surface area (Å²) >= 11 is 0. The third-order valence-electron chi connectivity index (χ3n) is 3.65. The fourth-order valence-electron chi connectivity index (χ4n) is 2.39. The van der Waals surface area contributed by atoms with Crippen molar-refractivity contribution >= 4 is 5.91 Å². The Morgan fingerprint density at radius 1 is 1.38 bits per heavy atom. The molecule has 0 N–H and O–H groups in total. The maximum Gasteiger partial charge on any atom is 0.333 e. The molecule has 7 heteroatoms. The first kappa shape index (κ1) is 17.9. The molecule has 130 valence electrons. The Labute approximate surface area is 139 Å². The zero-order chi connectivity index (χ0) is 17.5. The van der Waals surface area contributed by atoms with Crippen molar-refractivity contribution in [3.63, 3.8) is 0 Å². The smallest absolute Gasteiger partial charge is 0.333 e. The Kier molecular flexibility index (Phi) is 6.28. The molecule has 1 aromatic heterocycles.